The van der Waals surface area contributed by atoms with Crippen molar-refractivity contribution in [1.29, 1.82) is 0 Å². The topological polar surface area (TPSA) is 69.9 Å². The van der Waals surface area contributed by atoms with Gasteiger partial charge in [-0.15, -0.1) is 0 Å². The molecule has 0 aliphatic carbocycles. The van der Waals surface area contributed by atoms with Crippen LogP contribution in [0.4, 0.5) is 11.5 Å². The predicted molar refractivity (Wildman–Crippen MR) is 61.8 cm³/mol. The number of nitrogens with two attached hydrogens (primary N) is 2. The van der Waals surface area contributed by atoms with E-state index in [2.05, 4.69) is 5.10 Å². The van der Waals surface area contributed by atoms with Gasteiger partial charge >= 0.3 is 0 Å². The minimum Gasteiger partial charge on any atom is -0.394 e. The summed E-state index contributed by atoms with van der Waals surface area (Å²) >= 11 is 0. The summed E-state index contributed by atoms with van der Waals surface area (Å²) in [5, 5.41) is 4.36. The lowest BCUT2D eigenvalue weighted by Gasteiger charge is -2.02. The van der Waals surface area contributed by atoms with E-state index in [9.17, 15) is 0 Å². The van der Waals surface area contributed by atoms with Crippen LogP contribution in [0.5, 0.6) is 0 Å². The molecule has 15 heavy (non-hydrogen) atoms. The van der Waals surface area contributed by atoms with Gasteiger partial charge in [0.05, 0.1) is 17.1 Å². The Balaban J connectivity index is 2.55. The molecule has 4 heteroatoms. The van der Waals surface area contributed by atoms with E-state index in [0.29, 0.717) is 11.5 Å². The van der Waals surface area contributed by atoms with E-state index < -0.39 is 0 Å². The van der Waals surface area contributed by atoms with Crippen LogP contribution in [0.1, 0.15) is 12.6 Å². The molecule has 1 aromatic carbocycles. The zero-order valence-electron chi connectivity index (χ0n) is 8.64. The Bertz CT molecular complexity index is 459. The van der Waals surface area contributed by atoms with E-state index in [-0.39, 0.29) is 0 Å². The number of aryl methyl sites for hydroxylation is 1. The highest BCUT2D eigenvalue weighted by Gasteiger charge is 2.11. The van der Waals surface area contributed by atoms with Gasteiger partial charge in [-0.2, -0.15) is 5.10 Å². The second-order valence-corrected chi connectivity index (χ2v) is 3.35. The zero-order chi connectivity index (χ0) is 10.8. The lowest BCUT2D eigenvalue weighted by molar-refractivity contribution is 0.849. The molecule has 0 aliphatic rings. The van der Waals surface area contributed by atoms with E-state index in [1.54, 1.807) is 4.68 Å². The highest BCUT2D eigenvalue weighted by Crippen LogP contribution is 2.23. The molecule has 2 rings (SSSR count). The van der Waals surface area contributed by atoms with Crippen molar-refractivity contribution in [2.45, 2.75) is 13.3 Å². The number of aromatic nitrogens is 2. The third kappa shape index (κ3) is 1.54. The van der Waals surface area contributed by atoms with Crippen molar-refractivity contribution in [3.8, 4) is 5.69 Å². The van der Waals surface area contributed by atoms with E-state index in [1.165, 1.54) is 0 Å². The van der Waals surface area contributed by atoms with Gasteiger partial charge in [-0.25, -0.2) is 4.68 Å². The summed E-state index contributed by atoms with van der Waals surface area (Å²) in [6.45, 7) is 2.01. The van der Waals surface area contributed by atoms with Crippen LogP contribution in [0.2, 0.25) is 0 Å². The van der Waals surface area contributed by atoms with Crippen LogP contribution in [-0.4, -0.2) is 9.78 Å². The molecule has 0 radical (unpaired) electrons. The first-order valence-electron chi connectivity index (χ1n) is 4.92. The van der Waals surface area contributed by atoms with Crippen molar-refractivity contribution in [1.82, 2.24) is 9.78 Å². The van der Waals surface area contributed by atoms with Gasteiger partial charge in [-0.3, -0.25) is 0 Å². The molecule has 0 saturated heterocycles. The molecule has 1 heterocycles. The Morgan fingerprint density at radius 1 is 1.20 bits per heavy atom. The summed E-state index contributed by atoms with van der Waals surface area (Å²) in [7, 11) is 0. The number of anilines is 2. The van der Waals surface area contributed by atoms with Crippen LogP contribution >= 0.6 is 0 Å². The summed E-state index contributed by atoms with van der Waals surface area (Å²) < 4.78 is 1.67. The molecule has 0 aliphatic heterocycles. The van der Waals surface area contributed by atoms with Crippen molar-refractivity contribution in [2.75, 3.05) is 11.5 Å². The summed E-state index contributed by atoms with van der Waals surface area (Å²) in [5.74, 6) is 0.512. The fraction of sp³-hybridized carbons (Fsp3) is 0.182. The first-order valence-corrected chi connectivity index (χ1v) is 4.92. The number of nitrogens with zero attached hydrogens (tertiary/aromatic N) is 2. The van der Waals surface area contributed by atoms with Crippen molar-refractivity contribution in [3.05, 3.63) is 36.0 Å². The van der Waals surface area contributed by atoms with Crippen LogP contribution in [-0.2, 0) is 6.42 Å². The van der Waals surface area contributed by atoms with Crippen LogP contribution < -0.4 is 11.5 Å². The quantitative estimate of drug-likeness (QED) is 0.777. The predicted octanol–water partition coefficient (Wildman–Crippen LogP) is 1.60. The van der Waals surface area contributed by atoms with Crippen molar-refractivity contribution >= 4 is 11.5 Å². The number of nitrogen functional groups attached to an aromatic ring is 2. The average molecular weight is 202 g/mol. The number of para-hydroxylation sites is 1. The maximum atomic E-state index is 5.89. The monoisotopic (exact) mass is 202 g/mol. The first-order chi connectivity index (χ1) is 7.24. The molecule has 0 saturated carbocycles. The Labute approximate surface area is 88.5 Å². The van der Waals surface area contributed by atoms with E-state index in [4.69, 9.17) is 11.5 Å². The first kappa shape index (κ1) is 9.58. The molecule has 78 valence electrons. The van der Waals surface area contributed by atoms with Gasteiger partial charge < -0.3 is 11.5 Å². The number of rotatable bonds is 2. The molecule has 0 atom stereocenters. The van der Waals surface area contributed by atoms with Crippen LogP contribution in [0.25, 0.3) is 5.69 Å². The largest absolute Gasteiger partial charge is 0.394 e. The van der Waals surface area contributed by atoms with Gasteiger partial charge in [0, 0.05) is 0 Å². The molecule has 0 fully saturated rings. The van der Waals surface area contributed by atoms with Gasteiger partial charge in [-0.05, 0) is 18.6 Å². The van der Waals surface area contributed by atoms with Crippen molar-refractivity contribution in [2.24, 2.45) is 0 Å². The summed E-state index contributed by atoms with van der Waals surface area (Å²) in [6.07, 6.45) is 0.788. The number of benzene rings is 1. The number of hydrogen-bond acceptors (Lipinski definition) is 3. The van der Waals surface area contributed by atoms with E-state index >= 15 is 0 Å². The van der Waals surface area contributed by atoms with Crippen LogP contribution in [0.3, 0.4) is 0 Å². The normalized spacial score (nSPS) is 10.5. The van der Waals surface area contributed by atoms with Gasteiger partial charge in [0.15, 0.2) is 5.82 Å². The molecule has 0 amide bonds. The van der Waals surface area contributed by atoms with Gasteiger partial charge in [-0.1, -0.05) is 25.1 Å². The molecule has 2 aromatic rings. The van der Waals surface area contributed by atoms with Crippen LogP contribution in [0, 0.1) is 0 Å². The Morgan fingerprint density at radius 2 is 1.87 bits per heavy atom. The standard InChI is InChI=1S/C11H14N4/c1-2-9-10(12)11(13)15(14-9)8-6-4-3-5-7-8/h3-7H,2,12-13H2,1H3. The summed E-state index contributed by atoms with van der Waals surface area (Å²) in [5.41, 5.74) is 14.1. The molecule has 0 spiro atoms. The van der Waals surface area contributed by atoms with Gasteiger partial charge in [0.2, 0.25) is 0 Å². The fourth-order valence-electron chi connectivity index (χ4n) is 1.52. The molecular weight excluding hydrogens is 188 g/mol. The molecule has 0 bridgehead atoms. The second-order valence-electron chi connectivity index (χ2n) is 3.35. The minimum absolute atomic E-state index is 0.512. The zero-order valence-corrected chi connectivity index (χ0v) is 8.64. The Morgan fingerprint density at radius 3 is 2.40 bits per heavy atom. The van der Waals surface area contributed by atoms with Gasteiger partial charge in [0.1, 0.15) is 0 Å². The SMILES string of the molecule is CCc1nn(-c2ccccc2)c(N)c1N. The second kappa shape index (κ2) is 3.65. The molecule has 1 aromatic heterocycles. The fourth-order valence-corrected chi connectivity index (χ4v) is 1.52. The van der Waals surface area contributed by atoms with Crippen molar-refractivity contribution in [3.63, 3.8) is 0 Å². The molecule has 4 nitrogen and oxygen atoms in total. The maximum Gasteiger partial charge on any atom is 0.150 e. The Kier molecular flexibility index (Phi) is 2.33. The van der Waals surface area contributed by atoms with Crippen molar-refractivity contribution < 1.29 is 0 Å². The van der Waals surface area contributed by atoms with E-state index in [0.717, 1.165) is 17.8 Å². The minimum atomic E-state index is 0.512. The highest BCUT2D eigenvalue weighted by molar-refractivity contribution is 5.64. The molecular formula is C11H14N4. The summed E-state index contributed by atoms with van der Waals surface area (Å²) in [4.78, 5) is 0. The number of hydrogen-bond donors (Lipinski definition) is 2. The Hall–Kier alpha value is -1.97. The maximum absolute atomic E-state index is 5.89. The average Bonchev–Trinajstić information content (AvgIpc) is 2.57. The third-order valence-electron chi connectivity index (χ3n) is 2.37. The smallest absolute Gasteiger partial charge is 0.150 e. The van der Waals surface area contributed by atoms with Crippen LogP contribution in [0.15, 0.2) is 30.3 Å². The van der Waals surface area contributed by atoms with Gasteiger partial charge in [0.25, 0.3) is 0 Å². The lowest BCUT2D eigenvalue weighted by atomic mass is 10.3. The van der Waals surface area contributed by atoms with E-state index in [1.807, 2.05) is 37.3 Å². The third-order valence-corrected chi connectivity index (χ3v) is 2.37. The molecule has 0 unspecified atom stereocenters. The summed E-state index contributed by atoms with van der Waals surface area (Å²) in [6, 6.07) is 9.73. The highest BCUT2D eigenvalue weighted by atomic mass is 15.3. The lowest BCUT2D eigenvalue weighted by Crippen LogP contribution is -2.02. The molecule has 4 N–H and O–H groups in total.